The number of hydrogen-bond acceptors (Lipinski definition) is 5. The fraction of sp³-hybridized carbons (Fsp3) is 0.391. The van der Waals surface area contributed by atoms with Crippen molar-refractivity contribution < 1.29 is 19.2 Å². The van der Waals surface area contributed by atoms with Crippen molar-refractivity contribution in [2.24, 2.45) is 0 Å². The average molecular weight is 464 g/mol. The Hall–Kier alpha value is -2.28. The van der Waals surface area contributed by atoms with Gasteiger partial charge in [-0.3, -0.25) is 19.7 Å². The number of hydrogen-bond donors (Lipinski definition) is 0. The summed E-state index contributed by atoms with van der Waals surface area (Å²) in [7, 11) is 0. The van der Waals surface area contributed by atoms with Gasteiger partial charge in [-0.15, -0.1) is 0 Å². The van der Waals surface area contributed by atoms with Crippen LogP contribution in [0.25, 0.3) is 11.1 Å². The molecule has 0 aliphatic carbocycles. The second kappa shape index (κ2) is 7.69. The van der Waals surface area contributed by atoms with E-state index in [1.165, 1.54) is 33.8 Å². The third kappa shape index (κ3) is 3.56. The normalized spacial score (nSPS) is 19.3. The highest BCUT2D eigenvalue weighted by Gasteiger charge is 2.72. The number of nitro groups is 1. The quantitative estimate of drug-likeness (QED) is 0.343. The molecule has 0 bridgehead atoms. The third-order valence-corrected chi connectivity index (χ3v) is 6.21. The van der Waals surface area contributed by atoms with Crippen molar-refractivity contribution in [2.75, 3.05) is 0 Å². The lowest BCUT2D eigenvalue weighted by atomic mass is 9.67. The maximum Gasteiger partial charge on any atom is 0.367 e. The molecule has 2 aromatic rings. The highest BCUT2D eigenvalue weighted by atomic mass is 35.5. The van der Waals surface area contributed by atoms with E-state index >= 15 is 0 Å². The molecular formula is C23H23Cl2NO5. The van der Waals surface area contributed by atoms with Gasteiger partial charge in [0.25, 0.3) is 11.6 Å². The number of carbonyl (C=O) groups excluding carboxylic acids is 2. The molecule has 1 aliphatic rings. The van der Waals surface area contributed by atoms with E-state index in [2.05, 4.69) is 0 Å². The molecular weight excluding hydrogens is 441 g/mol. The van der Waals surface area contributed by atoms with Crippen molar-refractivity contribution in [3.63, 3.8) is 0 Å². The highest BCUT2D eigenvalue weighted by molar-refractivity contribution is 6.36. The van der Waals surface area contributed by atoms with Crippen LogP contribution in [-0.2, 0) is 26.3 Å². The second-order valence-corrected chi connectivity index (χ2v) is 9.44. The summed E-state index contributed by atoms with van der Waals surface area (Å²) in [6.07, 6.45) is 0.391. The monoisotopic (exact) mass is 463 g/mol. The Kier molecular flexibility index (Phi) is 5.80. The van der Waals surface area contributed by atoms with Gasteiger partial charge in [0.15, 0.2) is 0 Å². The molecule has 2 aromatic carbocycles. The molecule has 1 aliphatic heterocycles. The molecule has 0 atom stereocenters. The van der Waals surface area contributed by atoms with Crippen molar-refractivity contribution in [1.29, 1.82) is 0 Å². The van der Waals surface area contributed by atoms with E-state index < -0.39 is 33.2 Å². The second-order valence-electron chi connectivity index (χ2n) is 8.60. The van der Waals surface area contributed by atoms with Crippen LogP contribution in [-0.4, -0.2) is 27.7 Å². The van der Waals surface area contributed by atoms with Crippen LogP contribution in [0.4, 0.5) is 0 Å². The Labute approximate surface area is 190 Å². The Morgan fingerprint density at radius 1 is 0.968 bits per heavy atom. The van der Waals surface area contributed by atoms with E-state index in [4.69, 9.17) is 27.9 Å². The van der Waals surface area contributed by atoms with E-state index in [-0.39, 0.29) is 5.56 Å². The summed E-state index contributed by atoms with van der Waals surface area (Å²) >= 11 is 12.3. The van der Waals surface area contributed by atoms with Gasteiger partial charge in [0.2, 0.25) is 0 Å². The Morgan fingerprint density at radius 2 is 1.55 bits per heavy atom. The zero-order chi connectivity index (χ0) is 23.4. The lowest BCUT2D eigenvalue weighted by Crippen LogP contribution is -2.69. The summed E-state index contributed by atoms with van der Waals surface area (Å²) in [4.78, 5) is 38.8. The topological polar surface area (TPSA) is 86.5 Å². The Bertz CT molecular complexity index is 1080. The number of nitrogens with zero attached hydrogens (tertiary/aromatic N) is 1. The minimum atomic E-state index is -2.59. The van der Waals surface area contributed by atoms with Crippen LogP contribution in [0.5, 0.6) is 0 Å². The van der Waals surface area contributed by atoms with Crippen LogP contribution in [0.3, 0.4) is 0 Å². The molecule has 0 aromatic heterocycles. The number of halogens is 2. The molecule has 6 nitrogen and oxygen atoms in total. The van der Waals surface area contributed by atoms with E-state index in [0.717, 1.165) is 0 Å². The number of ketones is 2. The molecule has 1 heterocycles. The predicted molar refractivity (Wildman–Crippen MR) is 119 cm³/mol. The number of aryl methyl sites for hydroxylation is 1. The summed E-state index contributed by atoms with van der Waals surface area (Å²) in [6.45, 7) is 7.62. The van der Waals surface area contributed by atoms with Crippen LogP contribution >= 0.6 is 23.2 Å². The van der Waals surface area contributed by atoms with E-state index in [1.54, 1.807) is 30.3 Å². The SMILES string of the molecule is CCc1ccc(-c2ccc(Cl)cc2Cl)cc1C1([N+](=O)[O-])C(=O)C(C)(C)OC(C)(C)C1=O. The molecule has 1 saturated heterocycles. The minimum absolute atomic E-state index is 0.0444. The van der Waals surface area contributed by atoms with Gasteiger partial charge in [0, 0.05) is 26.1 Å². The number of carbonyl (C=O) groups is 2. The van der Waals surface area contributed by atoms with Crippen LogP contribution in [0.2, 0.25) is 10.0 Å². The zero-order valence-electron chi connectivity index (χ0n) is 17.9. The first-order valence-electron chi connectivity index (χ1n) is 9.82. The average Bonchev–Trinajstić information content (AvgIpc) is 2.66. The first kappa shape index (κ1) is 23.4. The van der Waals surface area contributed by atoms with Crippen LogP contribution < -0.4 is 0 Å². The highest BCUT2D eigenvalue weighted by Crippen LogP contribution is 2.45. The molecule has 0 spiro atoms. The molecule has 0 N–H and O–H groups in total. The molecule has 0 amide bonds. The van der Waals surface area contributed by atoms with Gasteiger partial charge in [-0.25, -0.2) is 0 Å². The first-order chi connectivity index (χ1) is 14.3. The summed E-state index contributed by atoms with van der Waals surface area (Å²) in [6, 6.07) is 9.87. The standard InChI is InChI=1S/C23H23Cl2NO5/c1-6-13-7-8-14(16-10-9-15(24)12-18(16)25)11-17(13)23(26(29)30)19(27)21(2,3)31-22(4,5)20(23)28/h7-12H,6H2,1-5H3. The van der Waals surface area contributed by atoms with Gasteiger partial charge < -0.3 is 4.74 Å². The molecule has 3 rings (SSSR count). The smallest absolute Gasteiger partial charge is 0.353 e. The summed E-state index contributed by atoms with van der Waals surface area (Å²) in [5.74, 6) is -1.80. The number of benzene rings is 2. The van der Waals surface area contributed by atoms with Gasteiger partial charge in [-0.05, 0) is 63.4 Å². The molecule has 31 heavy (non-hydrogen) atoms. The molecule has 164 valence electrons. The van der Waals surface area contributed by atoms with Gasteiger partial charge in [-0.1, -0.05) is 48.3 Å². The zero-order valence-corrected chi connectivity index (χ0v) is 19.4. The Balaban J connectivity index is 2.39. The fourth-order valence-corrected chi connectivity index (χ4v) is 4.84. The van der Waals surface area contributed by atoms with E-state index in [0.29, 0.717) is 33.2 Å². The van der Waals surface area contributed by atoms with Crippen molar-refractivity contribution >= 4 is 34.8 Å². The summed E-state index contributed by atoms with van der Waals surface area (Å²) < 4.78 is 5.69. The number of Topliss-reactive ketones (excluding diaryl/α,β-unsaturated/α-hetero) is 2. The lowest BCUT2D eigenvalue weighted by molar-refractivity contribution is -0.548. The lowest BCUT2D eigenvalue weighted by Gasteiger charge is -2.44. The van der Waals surface area contributed by atoms with Crippen molar-refractivity contribution in [3.8, 4) is 11.1 Å². The van der Waals surface area contributed by atoms with Crippen LogP contribution in [0.1, 0.15) is 45.7 Å². The fourth-order valence-electron chi connectivity index (χ4n) is 4.33. The molecule has 0 saturated carbocycles. The van der Waals surface area contributed by atoms with E-state index in [1.807, 2.05) is 6.92 Å². The van der Waals surface area contributed by atoms with Crippen molar-refractivity contribution in [3.05, 3.63) is 67.7 Å². The van der Waals surface area contributed by atoms with Gasteiger partial charge >= 0.3 is 5.54 Å². The van der Waals surface area contributed by atoms with Gasteiger partial charge in [0.1, 0.15) is 11.2 Å². The first-order valence-corrected chi connectivity index (χ1v) is 10.6. The Morgan fingerprint density at radius 3 is 2.03 bits per heavy atom. The predicted octanol–water partition coefficient (Wildman–Crippen LogP) is 5.42. The van der Waals surface area contributed by atoms with Crippen LogP contribution in [0, 0.1) is 10.1 Å². The van der Waals surface area contributed by atoms with E-state index in [9.17, 15) is 19.7 Å². The molecule has 1 fully saturated rings. The van der Waals surface area contributed by atoms with Gasteiger partial charge in [-0.2, -0.15) is 0 Å². The van der Waals surface area contributed by atoms with Crippen molar-refractivity contribution in [2.45, 2.75) is 57.8 Å². The summed E-state index contributed by atoms with van der Waals surface area (Å²) in [5.41, 5.74) is -3.97. The van der Waals surface area contributed by atoms with Gasteiger partial charge in [0.05, 0.1) is 0 Å². The van der Waals surface area contributed by atoms with Crippen LogP contribution in [0.15, 0.2) is 36.4 Å². The maximum absolute atomic E-state index is 13.5. The third-order valence-electron chi connectivity index (χ3n) is 5.66. The molecule has 8 heteroatoms. The van der Waals surface area contributed by atoms with Crippen molar-refractivity contribution in [1.82, 2.24) is 0 Å². The number of rotatable bonds is 4. The largest absolute Gasteiger partial charge is 0.367 e. The number of ether oxygens (including phenoxy) is 1. The maximum atomic E-state index is 13.5. The minimum Gasteiger partial charge on any atom is -0.353 e. The summed E-state index contributed by atoms with van der Waals surface area (Å²) in [5, 5.41) is 13.4. The molecule has 0 unspecified atom stereocenters. The molecule has 0 radical (unpaired) electrons.